The Labute approximate surface area is 129 Å². The van der Waals surface area contributed by atoms with Gasteiger partial charge >= 0.3 is 0 Å². The highest BCUT2D eigenvalue weighted by atomic mass is 16.5. The number of likely N-dealkylation sites (tertiary alicyclic amines) is 1. The Morgan fingerprint density at radius 1 is 1.23 bits per heavy atom. The fourth-order valence-electron chi connectivity index (χ4n) is 2.92. The van der Waals surface area contributed by atoms with E-state index in [0.717, 1.165) is 31.1 Å². The molecule has 2 aromatic heterocycles. The van der Waals surface area contributed by atoms with Crippen molar-refractivity contribution < 1.29 is 8.94 Å². The Hall–Kier alpha value is -1.76. The van der Waals surface area contributed by atoms with E-state index >= 15 is 0 Å². The lowest BCUT2D eigenvalue weighted by Crippen LogP contribution is -2.23. The molecule has 0 unspecified atom stereocenters. The van der Waals surface area contributed by atoms with Gasteiger partial charge in [-0.15, -0.1) is 10.2 Å². The second-order valence-electron chi connectivity index (χ2n) is 6.58. The molecular weight excluding hydrogens is 282 g/mol. The van der Waals surface area contributed by atoms with E-state index in [-0.39, 0.29) is 12.0 Å². The number of rotatable bonds is 5. The summed E-state index contributed by atoms with van der Waals surface area (Å²) in [7, 11) is 0. The van der Waals surface area contributed by atoms with Crippen molar-refractivity contribution in [1.82, 2.24) is 25.2 Å². The van der Waals surface area contributed by atoms with Crippen molar-refractivity contribution in [3.05, 3.63) is 23.5 Å². The molecule has 0 amide bonds. The van der Waals surface area contributed by atoms with Gasteiger partial charge in [-0.3, -0.25) is 4.90 Å². The number of aromatic nitrogens is 4. The Kier molecular flexibility index (Phi) is 3.44. The molecule has 4 rings (SSSR count). The summed E-state index contributed by atoms with van der Waals surface area (Å²) >= 11 is 0. The maximum absolute atomic E-state index is 5.72. The summed E-state index contributed by atoms with van der Waals surface area (Å²) in [6, 6.07) is 0.200. The van der Waals surface area contributed by atoms with E-state index < -0.39 is 0 Å². The molecule has 7 heteroatoms. The van der Waals surface area contributed by atoms with E-state index in [1.807, 2.05) is 0 Å². The lowest BCUT2D eigenvalue weighted by atomic mass is 10.2. The van der Waals surface area contributed by atoms with E-state index in [9.17, 15) is 0 Å². The van der Waals surface area contributed by atoms with Crippen LogP contribution in [0.15, 0.2) is 8.94 Å². The molecule has 22 heavy (non-hydrogen) atoms. The number of hydrogen-bond acceptors (Lipinski definition) is 7. The van der Waals surface area contributed by atoms with Crippen LogP contribution in [0.5, 0.6) is 0 Å². The van der Waals surface area contributed by atoms with Gasteiger partial charge in [-0.25, -0.2) is 0 Å². The van der Waals surface area contributed by atoms with E-state index in [1.165, 1.54) is 12.8 Å². The zero-order chi connectivity index (χ0) is 15.1. The van der Waals surface area contributed by atoms with Crippen molar-refractivity contribution in [2.24, 2.45) is 0 Å². The van der Waals surface area contributed by atoms with Crippen LogP contribution in [0.25, 0.3) is 0 Å². The summed E-state index contributed by atoms with van der Waals surface area (Å²) in [6.45, 7) is 5.75. The Balaban J connectivity index is 1.47. The highest BCUT2D eigenvalue weighted by Gasteiger charge is 2.34. The molecule has 2 aliphatic rings. The van der Waals surface area contributed by atoms with E-state index in [4.69, 9.17) is 8.94 Å². The number of nitrogens with zero attached hydrogens (tertiary/aromatic N) is 5. The van der Waals surface area contributed by atoms with Crippen LogP contribution in [0.1, 0.15) is 80.9 Å². The van der Waals surface area contributed by atoms with Gasteiger partial charge in [-0.1, -0.05) is 19.0 Å². The van der Waals surface area contributed by atoms with Gasteiger partial charge < -0.3 is 8.94 Å². The first kappa shape index (κ1) is 13.9. The zero-order valence-corrected chi connectivity index (χ0v) is 13.0. The molecule has 0 N–H and O–H groups in total. The van der Waals surface area contributed by atoms with Crippen molar-refractivity contribution >= 4 is 0 Å². The van der Waals surface area contributed by atoms with Gasteiger partial charge in [0.2, 0.25) is 17.7 Å². The molecular formula is C15H21N5O2. The highest BCUT2D eigenvalue weighted by Crippen LogP contribution is 2.40. The van der Waals surface area contributed by atoms with Crippen LogP contribution in [-0.4, -0.2) is 31.8 Å². The standard InChI is InChI=1S/C15H21N5O2/c1-9(2)14-18-17-12(21-14)8-20-7-3-4-11(20)13-16-15(22-19-13)10-5-6-10/h9-11H,3-8H2,1-2H3/t11-/m1/s1. The third-order valence-corrected chi connectivity index (χ3v) is 4.36. The molecule has 3 heterocycles. The largest absolute Gasteiger partial charge is 0.424 e. The molecule has 2 fully saturated rings. The molecule has 0 radical (unpaired) electrons. The van der Waals surface area contributed by atoms with Gasteiger partial charge in [0.25, 0.3) is 0 Å². The number of hydrogen-bond donors (Lipinski definition) is 0. The van der Waals surface area contributed by atoms with Crippen LogP contribution < -0.4 is 0 Å². The van der Waals surface area contributed by atoms with Crippen LogP contribution in [0, 0.1) is 0 Å². The molecule has 2 aromatic rings. The molecule has 1 saturated heterocycles. The SMILES string of the molecule is CC(C)c1nnc(CN2CCC[C@@H]2c2noc(C3CC3)n2)o1. The molecule has 7 nitrogen and oxygen atoms in total. The second kappa shape index (κ2) is 5.46. The van der Waals surface area contributed by atoms with Crippen molar-refractivity contribution in [3.63, 3.8) is 0 Å². The lowest BCUT2D eigenvalue weighted by molar-refractivity contribution is 0.210. The van der Waals surface area contributed by atoms with Crippen LogP contribution in [0.3, 0.4) is 0 Å². The minimum Gasteiger partial charge on any atom is -0.424 e. The molecule has 0 aromatic carbocycles. The quantitative estimate of drug-likeness (QED) is 0.840. The maximum Gasteiger partial charge on any atom is 0.230 e. The first-order chi connectivity index (χ1) is 10.7. The first-order valence-corrected chi connectivity index (χ1v) is 8.10. The molecule has 1 atom stereocenters. The predicted molar refractivity (Wildman–Crippen MR) is 77.0 cm³/mol. The predicted octanol–water partition coefficient (Wildman–Crippen LogP) is 2.79. The first-order valence-electron chi connectivity index (χ1n) is 8.10. The van der Waals surface area contributed by atoms with Gasteiger partial charge in [-0.2, -0.15) is 4.98 Å². The fraction of sp³-hybridized carbons (Fsp3) is 0.733. The average Bonchev–Trinajstić information content (AvgIpc) is 2.95. The normalized spacial score (nSPS) is 22.8. The monoisotopic (exact) mass is 303 g/mol. The minimum absolute atomic E-state index is 0.200. The maximum atomic E-state index is 5.72. The van der Waals surface area contributed by atoms with Gasteiger partial charge in [-0.05, 0) is 32.2 Å². The van der Waals surface area contributed by atoms with E-state index in [2.05, 4.69) is 39.1 Å². The molecule has 0 spiro atoms. The molecule has 1 saturated carbocycles. The summed E-state index contributed by atoms with van der Waals surface area (Å²) in [5, 5.41) is 12.4. The van der Waals surface area contributed by atoms with Crippen molar-refractivity contribution in [3.8, 4) is 0 Å². The minimum atomic E-state index is 0.200. The van der Waals surface area contributed by atoms with Crippen LogP contribution in [0.4, 0.5) is 0 Å². The van der Waals surface area contributed by atoms with Crippen molar-refractivity contribution in [2.75, 3.05) is 6.54 Å². The third-order valence-electron chi connectivity index (χ3n) is 4.36. The van der Waals surface area contributed by atoms with E-state index in [0.29, 0.717) is 24.2 Å². The summed E-state index contributed by atoms with van der Waals surface area (Å²) in [4.78, 5) is 6.90. The van der Waals surface area contributed by atoms with Crippen LogP contribution >= 0.6 is 0 Å². The van der Waals surface area contributed by atoms with Crippen LogP contribution in [0.2, 0.25) is 0 Å². The average molecular weight is 303 g/mol. The lowest BCUT2D eigenvalue weighted by Gasteiger charge is -2.19. The summed E-state index contributed by atoms with van der Waals surface area (Å²) < 4.78 is 11.1. The van der Waals surface area contributed by atoms with Gasteiger partial charge in [0.1, 0.15) is 0 Å². The van der Waals surface area contributed by atoms with E-state index in [1.54, 1.807) is 0 Å². The van der Waals surface area contributed by atoms with Gasteiger partial charge in [0.05, 0.1) is 12.6 Å². The van der Waals surface area contributed by atoms with Gasteiger partial charge in [0, 0.05) is 11.8 Å². The third kappa shape index (κ3) is 2.65. The Morgan fingerprint density at radius 2 is 2.09 bits per heavy atom. The summed E-state index contributed by atoms with van der Waals surface area (Å²) in [5.41, 5.74) is 0. The molecule has 1 aliphatic carbocycles. The summed E-state index contributed by atoms with van der Waals surface area (Å²) in [5.74, 6) is 3.74. The highest BCUT2D eigenvalue weighted by molar-refractivity contribution is 5.05. The van der Waals surface area contributed by atoms with Crippen molar-refractivity contribution in [2.45, 2.75) is 64.0 Å². The fourth-order valence-corrected chi connectivity index (χ4v) is 2.92. The van der Waals surface area contributed by atoms with Crippen LogP contribution in [-0.2, 0) is 6.54 Å². The second-order valence-corrected chi connectivity index (χ2v) is 6.58. The summed E-state index contributed by atoms with van der Waals surface area (Å²) in [6.07, 6.45) is 4.53. The molecule has 0 bridgehead atoms. The zero-order valence-electron chi connectivity index (χ0n) is 13.0. The topological polar surface area (TPSA) is 81.1 Å². The Morgan fingerprint density at radius 3 is 2.82 bits per heavy atom. The Bertz CT molecular complexity index is 646. The van der Waals surface area contributed by atoms with Crippen molar-refractivity contribution in [1.29, 1.82) is 0 Å². The molecule has 118 valence electrons. The van der Waals surface area contributed by atoms with Gasteiger partial charge in [0.15, 0.2) is 5.82 Å². The smallest absolute Gasteiger partial charge is 0.230 e. The molecule has 1 aliphatic heterocycles.